The molecule has 0 spiro atoms. The molecule has 0 aromatic carbocycles. The quantitative estimate of drug-likeness (QED) is 0.434. The Hall–Kier alpha value is 1.64. The topological polar surface area (TPSA) is 0 Å². The van der Waals surface area contributed by atoms with Crippen molar-refractivity contribution in [2.75, 3.05) is 0 Å². The summed E-state index contributed by atoms with van der Waals surface area (Å²) >= 11 is 0. The summed E-state index contributed by atoms with van der Waals surface area (Å²) in [4.78, 5) is 0. The summed E-state index contributed by atoms with van der Waals surface area (Å²) < 4.78 is 0. The van der Waals surface area contributed by atoms with Gasteiger partial charge in [-0.1, -0.05) is 26.7 Å². The fourth-order valence-electron chi connectivity index (χ4n) is 0. The van der Waals surface area contributed by atoms with Crippen LogP contribution in [0, 0.1) is 0 Å². The van der Waals surface area contributed by atoms with Crippen molar-refractivity contribution in [3.05, 3.63) is 0 Å². The van der Waals surface area contributed by atoms with Crippen LogP contribution in [0.15, 0.2) is 0 Å². The van der Waals surface area contributed by atoms with E-state index in [-0.39, 0.29) is 51.4 Å². The first-order valence-electron chi connectivity index (χ1n) is 1.91. The second-order valence-electron chi connectivity index (χ2n) is 1.000. The summed E-state index contributed by atoms with van der Waals surface area (Å²) in [6, 6.07) is 0. The standard InChI is InChI=1S/C4H10.K/c1-3-4-2;/h3-4H2,1-2H3;. The summed E-state index contributed by atoms with van der Waals surface area (Å²) in [5.74, 6) is 0. The van der Waals surface area contributed by atoms with Crippen LogP contribution in [0.5, 0.6) is 0 Å². The molecule has 0 unspecified atom stereocenters. The van der Waals surface area contributed by atoms with E-state index in [4.69, 9.17) is 0 Å². The predicted molar refractivity (Wildman–Crippen MR) is 26.3 cm³/mol. The smallest absolute Gasteiger partial charge is 0 e. The first kappa shape index (κ1) is 9.81. The van der Waals surface area contributed by atoms with Crippen molar-refractivity contribution in [1.82, 2.24) is 0 Å². The molecule has 0 aromatic heterocycles. The van der Waals surface area contributed by atoms with Crippen molar-refractivity contribution in [3.63, 3.8) is 0 Å². The van der Waals surface area contributed by atoms with Crippen LogP contribution >= 0.6 is 0 Å². The first-order chi connectivity index (χ1) is 1.91. The minimum atomic E-state index is 0. The third-order valence-corrected chi connectivity index (χ3v) is 0.500. The van der Waals surface area contributed by atoms with Crippen molar-refractivity contribution in [3.8, 4) is 0 Å². The SMILES string of the molecule is CCCC.[K]. The van der Waals surface area contributed by atoms with Crippen molar-refractivity contribution in [1.29, 1.82) is 0 Å². The first-order valence-corrected chi connectivity index (χ1v) is 1.91. The molecule has 27 valence electrons. The Bertz CT molecular complexity index is 5.61. The zero-order valence-electron chi connectivity index (χ0n) is 4.41. The molecule has 1 radical (unpaired) electrons. The van der Waals surface area contributed by atoms with Gasteiger partial charge >= 0.3 is 0 Å². The van der Waals surface area contributed by atoms with Gasteiger partial charge in [-0.15, -0.1) is 0 Å². The largest absolute Gasteiger partial charge is 0.0654 e. The van der Waals surface area contributed by atoms with Gasteiger partial charge in [0.15, 0.2) is 0 Å². The molecule has 1 heteroatoms. The molecular formula is C4H10K. The molecule has 0 saturated heterocycles. The number of hydrogen-bond acceptors (Lipinski definition) is 0. The summed E-state index contributed by atoms with van der Waals surface area (Å²) in [6.07, 6.45) is 2.64. The van der Waals surface area contributed by atoms with Gasteiger partial charge in [-0.05, 0) is 0 Å². The van der Waals surface area contributed by atoms with E-state index in [0.717, 1.165) is 0 Å². The summed E-state index contributed by atoms with van der Waals surface area (Å²) in [6.45, 7) is 4.36. The van der Waals surface area contributed by atoms with E-state index in [1.54, 1.807) is 0 Å². The second-order valence-corrected chi connectivity index (χ2v) is 1.000. The Morgan fingerprint density at radius 2 is 1.20 bits per heavy atom. The second kappa shape index (κ2) is 9.16. The fraction of sp³-hybridized carbons (Fsp3) is 1.00. The Labute approximate surface area is 76.8 Å². The van der Waals surface area contributed by atoms with Gasteiger partial charge < -0.3 is 0 Å². The fourth-order valence-corrected chi connectivity index (χ4v) is 0. The molecule has 0 heterocycles. The molecule has 0 saturated carbocycles. The third kappa shape index (κ3) is 10.7. The molecule has 5 heavy (non-hydrogen) atoms. The van der Waals surface area contributed by atoms with Crippen molar-refractivity contribution in [2.45, 2.75) is 26.7 Å². The normalized spacial score (nSPS) is 6.00. The molecule has 0 bridgehead atoms. The van der Waals surface area contributed by atoms with E-state index < -0.39 is 0 Å². The molecule has 0 aliphatic carbocycles. The summed E-state index contributed by atoms with van der Waals surface area (Å²) in [5.41, 5.74) is 0. The van der Waals surface area contributed by atoms with E-state index in [0.29, 0.717) is 0 Å². The minimum absolute atomic E-state index is 0. The van der Waals surface area contributed by atoms with Gasteiger partial charge in [0.25, 0.3) is 0 Å². The molecule has 0 aliphatic rings. The van der Waals surface area contributed by atoms with Crippen LogP contribution in [0.1, 0.15) is 26.7 Å². The molecule has 0 rings (SSSR count). The van der Waals surface area contributed by atoms with Gasteiger partial charge in [0.2, 0.25) is 0 Å². The molecule has 0 aromatic rings. The van der Waals surface area contributed by atoms with Crippen LogP contribution in [0.25, 0.3) is 0 Å². The van der Waals surface area contributed by atoms with Crippen LogP contribution in [0.4, 0.5) is 0 Å². The van der Waals surface area contributed by atoms with Crippen LogP contribution in [0.2, 0.25) is 0 Å². The molecule has 0 fully saturated rings. The number of unbranched alkanes of at least 4 members (excludes halogenated alkanes) is 1. The van der Waals surface area contributed by atoms with Crippen LogP contribution < -0.4 is 0 Å². The predicted octanol–water partition coefficient (Wildman–Crippen LogP) is 1.43. The summed E-state index contributed by atoms with van der Waals surface area (Å²) in [5, 5.41) is 0. The van der Waals surface area contributed by atoms with Gasteiger partial charge in [-0.25, -0.2) is 0 Å². The van der Waals surface area contributed by atoms with Crippen molar-refractivity contribution >= 4 is 51.4 Å². The van der Waals surface area contributed by atoms with Gasteiger partial charge in [0, 0.05) is 51.4 Å². The van der Waals surface area contributed by atoms with E-state index in [9.17, 15) is 0 Å². The Kier molecular flexibility index (Phi) is 18.0. The van der Waals surface area contributed by atoms with Crippen LogP contribution in [-0.2, 0) is 0 Å². The molecule has 0 aliphatic heterocycles. The Balaban J connectivity index is 0. The molecular weight excluding hydrogens is 87.1 g/mol. The van der Waals surface area contributed by atoms with Gasteiger partial charge in [-0.3, -0.25) is 0 Å². The average molecular weight is 97.2 g/mol. The third-order valence-electron chi connectivity index (χ3n) is 0.500. The van der Waals surface area contributed by atoms with E-state index >= 15 is 0 Å². The molecule has 0 atom stereocenters. The van der Waals surface area contributed by atoms with Crippen molar-refractivity contribution < 1.29 is 0 Å². The van der Waals surface area contributed by atoms with Crippen LogP contribution in [-0.4, -0.2) is 51.4 Å². The molecule has 0 amide bonds. The zero-order valence-corrected chi connectivity index (χ0v) is 7.54. The Morgan fingerprint density at radius 1 is 1.00 bits per heavy atom. The maximum Gasteiger partial charge on any atom is 0 e. The summed E-state index contributed by atoms with van der Waals surface area (Å²) in [7, 11) is 0. The number of hydrogen-bond donors (Lipinski definition) is 0. The van der Waals surface area contributed by atoms with Gasteiger partial charge in [-0.2, -0.15) is 0 Å². The number of rotatable bonds is 1. The van der Waals surface area contributed by atoms with Gasteiger partial charge in [0.1, 0.15) is 0 Å². The Morgan fingerprint density at radius 3 is 1.20 bits per heavy atom. The van der Waals surface area contributed by atoms with Crippen LogP contribution in [0.3, 0.4) is 0 Å². The maximum atomic E-state index is 2.18. The van der Waals surface area contributed by atoms with E-state index in [1.807, 2.05) is 0 Å². The zero-order chi connectivity index (χ0) is 3.41. The van der Waals surface area contributed by atoms with Crippen molar-refractivity contribution in [2.24, 2.45) is 0 Å². The molecule has 0 nitrogen and oxygen atoms in total. The van der Waals surface area contributed by atoms with E-state index in [2.05, 4.69) is 13.8 Å². The minimum Gasteiger partial charge on any atom is -0.0654 e. The molecule has 0 N–H and O–H groups in total. The van der Waals surface area contributed by atoms with Gasteiger partial charge in [0.05, 0.1) is 0 Å². The van der Waals surface area contributed by atoms with E-state index in [1.165, 1.54) is 12.8 Å². The maximum absolute atomic E-state index is 2.18. The average Bonchev–Trinajstić information content (AvgIpc) is 1.37. The monoisotopic (exact) mass is 97.0 g/mol.